The lowest BCUT2D eigenvalue weighted by molar-refractivity contribution is 0.0637. The molecule has 0 spiro atoms. The number of rotatable bonds is 4. The average Bonchev–Trinajstić information content (AvgIpc) is 2.92. The van der Waals surface area contributed by atoms with Crippen molar-refractivity contribution in [1.29, 1.82) is 0 Å². The number of piperidine rings is 1. The molecule has 1 saturated heterocycles. The van der Waals surface area contributed by atoms with E-state index in [4.69, 9.17) is 4.74 Å². The topological polar surface area (TPSA) is 42.4 Å². The Kier molecular flexibility index (Phi) is 5.14. The van der Waals surface area contributed by atoms with E-state index in [0.29, 0.717) is 24.8 Å². The normalized spacial score (nSPS) is 17.8. The van der Waals surface area contributed by atoms with Crippen LogP contribution in [0.3, 0.4) is 0 Å². The Morgan fingerprint density at radius 2 is 2.12 bits per heavy atom. The standard InChI is InChI=1S/C18H21FN2O2S/c1-12-17(24-13(2)20-12)18(22)21-9-3-4-14(10-21)11-23-16-7-5-15(19)6-8-16/h5-8,14H,3-4,9-11H2,1-2H3/t14-/m0/s1. The molecule has 4 nitrogen and oxygen atoms in total. The Labute approximate surface area is 145 Å². The molecule has 1 fully saturated rings. The van der Waals surface area contributed by atoms with Gasteiger partial charge >= 0.3 is 0 Å². The van der Waals surface area contributed by atoms with Gasteiger partial charge in [0.05, 0.1) is 17.3 Å². The number of carbonyl (C=O) groups excluding carboxylic acids is 1. The summed E-state index contributed by atoms with van der Waals surface area (Å²) in [5.74, 6) is 0.757. The van der Waals surface area contributed by atoms with E-state index in [1.54, 1.807) is 12.1 Å². The number of aromatic nitrogens is 1. The molecule has 0 N–H and O–H groups in total. The first-order chi connectivity index (χ1) is 11.5. The highest BCUT2D eigenvalue weighted by Crippen LogP contribution is 2.24. The summed E-state index contributed by atoms with van der Waals surface area (Å²) in [6, 6.07) is 6.04. The van der Waals surface area contributed by atoms with Gasteiger partial charge in [-0.2, -0.15) is 0 Å². The SMILES string of the molecule is Cc1nc(C)c(C(=O)N2CCC[C@H](COc3ccc(F)cc3)C2)s1. The first kappa shape index (κ1) is 16.9. The van der Waals surface area contributed by atoms with Crippen molar-refractivity contribution >= 4 is 17.2 Å². The van der Waals surface area contributed by atoms with Crippen molar-refractivity contribution in [1.82, 2.24) is 9.88 Å². The second-order valence-electron chi connectivity index (χ2n) is 6.17. The summed E-state index contributed by atoms with van der Waals surface area (Å²) in [5, 5.41) is 0.920. The van der Waals surface area contributed by atoms with Crippen LogP contribution < -0.4 is 4.74 Å². The lowest BCUT2D eigenvalue weighted by Crippen LogP contribution is -2.41. The maximum absolute atomic E-state index is 12.9. The van der Waals surface area contributed by atoms with Gasteiger partial charge in [0.1, 0.15) is 16.4 Å². The van der Waals surface area contributed by atoms with Crippen LogP contribution in [-0.2, 0) is 0 Å². The molecule has 0 bridgehead atoms. The van der Waals surface area contributed by atoms with Crippen LogP contribution in [-0.4, -0.2) is 35.5 Å². The number of carbonyl (C=O) groups is 1. The third-order valence-corrected chi connectivity index (χ3v) is 5.26. The number of hydrogen-bond donors (Lipinski definition) is 0. The van der Waals surface area contributed by atoms with Crippen molar-refractivity contribution in [3.8, 4) is 5.75 Å². The summed E-state index contributed by atoms with van der Waals surface area (Å²) in [4.78, 5) is 19.7. The van der Waals surface area contributed by atoms with Gasteiger partial charge in [-0.25, -0.2) is 9.37 Å². The molecule has 0 saturated carbocycles. The summed E-state index contributed by atoms with van der Waals surface area (Å²) >= 11 is 1.46. The molecule has 0 radical (unpaired) electrons. The van der Waals surface area contributed by atoms with Gasteiger partial charge in [0.25, 0.3) is 5.91 Å². The highest BCUT2D eigenvalue weighted by Gasteiger charge is 2.27. The second-order valence-corrected chi connectivity index (χ2v) is 7.37. The smallest absolute Gasteiger partial charge is 0.265 e. The van der Waals surface area contributed by atoms with Gasteiger partial charge in [0, 0.05) is 19.0 Å². The molecular weight excluding hydrogens is 327 g/mol. The Morgan fingerprint density at radius 3 is 2.79 bits per heavy atom. The minimum absolute atomic E-state index is 0.0737. The molecule has 2 heterocycles. The fraction of sp³-hybridized carbons (Fsp3) is 0.444. The molecule has 1 aromatic carbocycles. The lowest BCUT2D eigenvalue weighted by atomic mass is 9.98. The van der Waals surface area contributed by atoms with Crippen molar-refractivity contribution in [3.63, 3.8) is 0 Å². The molecule has 0 aliphatic carbocycles. The van der Waals surface area contributed by atoms with E-state index in [9.17, 15) is 9.18 Å². The maximum Gasteiger partial charge on any atom is 0.265 e. The van der Waals surface area contributed by atoms with Crippen molar-refractivity contribution in [2.45, 2.75) is 26.7 Å². The first-order valence-electron chi connectivity index (χ1n) is 8.14. The summed E-state index contributed by atoms with van der Waals surface area (Å²) < 4.78 is 18.7. The summed E-state index contributed by atoms with van der Waals surface area (Å²) in [6.45, 7) is 5.81. The monoisotopic (exact) mass is 348 g/mol. The first-order valence-corrected chi connectivity index (χ1v) is 8.96. The number of ether oxygens (including phenoxy) is 1. The van der Waals surface area contributed by atoms with E-state index in [1.807, 2.05) is 18.7 Å². The van der Waals surface area contributed by atoms with Crippen molar-refractivity contribution < 1.29 is 13.9 Å². The molecule has 1 aliphatic rings. The summed E-state index contributed by atoms with van der Waals surface area (Å²) in [6.07, 6.45) is 2.01. The van der Waals surface area contributed by atoms with Crippen LogP contribution in [0.15, 0.2) is 24.3 Å². The minimum atomic E-state index is -0.271. The third-order valence-electron chi connectivity index (χ3n) is 4.20. The number of nitrogens with zero attached hydrogens (tertiary/aromatic N) is 2. The third kappa shape index (κ3) is 3.93. The van der Waals surface area contributed by atoms with E-state index < -0.39 is 0 Å². The zero-order valence-electron chi connectivity index (χ0n) is 13.9. The summed E-state index contributed by atoms with van der Waals surface area (Å²) in [7, 11) is 0. The van der Waals surface area contributed by atoms with Gasteiger partial charge < -0.3 is 9.64 Å². The largest absolute Gasteiger partial charge is 0.493 e. The van der Waals surface area contributed by atoms with Gasteiger partial charge in [-0.1, -0.05) is 0 Å². The lowest BCUT2D eigenvalue weighted by Gasteiger charge is -2.32. The van der Waals surface area contributed by atoms with Crippen molar-refractivity contribution in [2.75, 3.05) is 19.7 Å². The fourth-order valence-electron chi connectivity index (χ4n) is 3.00. The highest BCUT2D eigenvalue weighted by molar-refractivity contribution is 7.13. The van der Waals surface area contributed by atoms with E-state index >= 15 is 0 Å². The number of halogens is 1. The molecule has 1 atom stereocenters. The van der Waals surface area contributed by atoms with E-state index in [1.165, 1.54) is 23.5 Å². The van der Waals surface area contributed by atoms with E-state index in [0.717, 1.165) is 35.0 Å². The number of likely N-dealkylation sites (tertiary alicyclic amines) is 1. The molecule has 2 aromatic rings. The molecule has 3 rings (SSSR count). The Balaban J connectivity index is 1.58. The average molecular weight is 348 g/mol. The van der Waals surface area contributed by atoms with Gasteiger partial charge in [-0.05, 0) is 51.0 Å². The number of benzene rings is 1. The fourth-order valence-corrected chi connectivity index (χ4v) is 3.89. The van der Waals surface area contributed by atoms with Crippen LogP contribution in [0.25, 0.3) is 0 Å². The molecule has 24 heavy (non-hydrogen) atoms. The van der Waals surface area contributed by atoms with E-state index in [-0.39, 0.29) is 11.7 Å². The molecule has 128 valence electrons. The van der Waals surface area contributed by atoms with Crippen molar-refractivity contribution in [2.24, 2.45) is 5.92 Å². The van der Waals surface area contributed by atoms with Crippen LogP contribution in [0.1, 0.15) is 33.2 Å². The predicted molar refractivity (Wildman–Crippen MR) is 92.1 cm³/mol. The number of amides is 1. The van der Waals surface area contributed by atoms with Crippen LogP contribution in [0.4, 0.5) is 4.39 Å². The van der Waals surface area contributed by atoms with Crippen molar-refractivity contribution in [3.05, 3.63) is 45.7 Å². The molecule has 1 aromatic heterocycles. The Bertz CT molecular complexity index is 714. The van der Waals surface area contributed by atoms with Gasteiger partial charge in [-0.15, -0.1) is 11.3 Å². The van der Waals surface area contributed by atoms with E-state index in [2.05, 4.69) is 4.98 Å². The quantitative estimate of drug-likeness (QED) is 0.843. The second kappa shape index (κ2) is 7.30. The van der Waals surface area contributed by atoms with Crippen LogP contribution in [0.5, 0.6) is 5.75 Å². The number of hydrogen-bond acceptors (Lipinski definition) is 4. The Hall–Kier alpha value is -1.95. The highest BCUT2D eigenvalue weighted by atomic mass is 32.1. The molecule has 1 amide bonds. The number of thiazole rings is 1. The Morgan fingerprint density at radius 1 is 1.38 bits per heavy atom. The van der Waals surface area contributed by atoms with Crippen LogP contribution in [0, 0.1) is 25.6 Å². The minimum Gasteiger partial charge on any atom is -0.493 e. The zero-order chi connectivity index (χ0) is 17.1. The molecule has 6 heteroatoms. The van der Waals surface area contributed by atoms with Crippen LogP contribution >= 0.6 is 11.3 Å². The summed E-state index contributed by atoms with van der Waals surface area (Å²) in [5.41, 5.74) is 0.812. The van der Waals surface area contributed by atoms with Crippen LogP contribution in [0.2, 0.25) is 0 Å². The maximum atomic E-state index is 12.9. The number of aryl methyl sites for hydroxylation is 2. The van der Waals surface area contributed by atoms with Gasteiger partial charge in [0.2, 0.25) is 0 Å². The van der Waals surface area contributed by atoms with Gasteiger partial charge in [0.15, 0.2) is 0 Å². The molecule has 0 unspecified atom stereocenters. The molecule has 1 aliphatic heterocycles. The zero-order valence-corrected chi connectivity index (χ0v) is 14.7. The molecular formula is C18H21FN2O2S. The predicted octanol–water partition coefficient (Wildman–Crippen LogP) is 3.83. The van der Waals surface area contributed by atoms with Gasteiger partial charge in [-0.3, -0.25) is 4.79 Å².